The fraction of sp³-hybridized carbons (Fsp3) is 0.250. The zero-order chi connectivity index (χ0) is 15.9. The van der Waals surface area contributed by atoms with Crippen LogP contribution < -0.4 is 5.32 Å². The van der Waals surface area contributed by atoms with E-state index >= 15 is 0 Å². The van der Waals surface area contributed by atoms with Gasteiger partial charge in [-0.2, -0.15) is 5.26 Å². The zero-order valence-electron chi connectivity index (χ0n) is 12.5. The van der Waals surface area contributed by atoms with Crippen LogP contribution in [0, 0.1) is 25.2 Å². The summed E-state index contributed by atoms with van der Waals surface area (Å²) in [7, 11) is 0. The van der Waals surface area contributed by atoms with Crippen molar-refractivity contribution in [3.8, 4) is 6.07 Å². The quantitative estimate of drug-likeness (QED) is 0.678. The number of carbonyl (C=O) groups is 1. The van der Waals surface area contributed by atoms with Gasteiger partial charge in [0.25, 0.3) is 0 Å². The Morgan fingerprint density at radius 1 is 1.23 bits per heavy atom. The summed E-state index contributed by atoms with van der Waals surface area (Å²) < 4.78 is 0. The highest BCUT2D eigenvalue weighted by Crippen LogP contribution is 2.15. The van der Waals surface area contributed by atoms with Crippen LogP contribution >= 0.6 is 11.8 Å². The van der Waals surface area contributed by atoms with Crippen molar-refractivity contribution in [1.29, 1.82) is 5.26 Å². The van der Waals surface area contributed by atoms with Gasteiger partial charge in [0.05, 0.1) is 18.2 Å². The molecule has 2 aromatic rings. The topological polar surface area (TPSA) is 78.7 Å². The van der Waals surface area contributed by atoms with E-state index in [9.17, 15) is 4.79 Å². The number of aromatic nitrogens is 2. The highest BCUT2D eigenvalue weighted by Gasteiger charge is 2.06. The van der Waals surface area contributed by atoms with Gasteiger partial charge in [-0.05, 0) is 37.6 Å². The summed E-state index contributed by atoms with van der Waals surface area (Å²) in [5.74, 6) is 0.142. The number of hydrogen-bond acceptors (Lipinski definition) is 5. The first-order valence-electron chi connectivity index (χ1n) is 6.77. The van der Waals surface area contributed by atoms with E-state index in [2.05, 4.69) is 21.4 Å². The first kappa shape index (κ1) is 16.0. The van der Waals surface area contributed by atoms with Crippen LogP contribution in [0.4, 0.5) is 5.69 Å². The number of amides is 1. The average molecular weight is 312 g/mol. The number of benzene rings is 1. The van der Waals surface area contributed by atoms with Crippen LogP contribution in [0.15, 0.2) is 35.5 Å². The number of aryl methyl sites for hydroxylation is 2. The summed E-state index contributed by atoms with van der Waals surface area (Å²) in [6, 6.07) is 11.2. The van der Waals surface area contributed by atoms with Gasteiger partial charge in [0, 0.05) is 17.1 Å². The molecule has 22 heavy (non-hydrogen) atoms. The minimum absolute atomic E-state index is 0.110. The molecule has 0 atom stereocenters. The highest BCUT2D eigenvalue weighted by molar-refractivity contribution is 7.99. The molecule has 0 fully saturated rings. The average Bonchev–Trinajstić information content (AvgIpc) is 2.47. The number of hydrogen-bond donors (Lipinski definition) is 1. The normalized spacial score (nSPS) is 10.0. The molecule has 1 amide bonds. The van der Waals surface area contributed by atoms with E-state index in [0.29, 0.717) is 17.3 Å². The molecule has 6 heteroatoms. The lowest BCUT2D eigenvalue weighted by atomic mass is 10.1. The summed E-state index contributed by atoms with van der Waals surface area (Å²) in [6.07, 6.45) is 0.369. The van der Waals surface area contributed by atoms with Gasteiger partial charge >= 0.3 is 0 Å². The molecule has 0 spiro atoms. The van der Waals surface area contributed by atoms with Crippen molar-refractivity contribution in [2.45, 2.75) is 25.4 Å². The van der Waals surface area contributed by atoms with E-state index in [1.807, 2.05) is 32.0 Å². The summed E-state index contributed by atoms with van der Waals surface area (Å²) in [6.45, 7) is 3.81. The van der Waals surface area contributed by atoms with Gasteiger partial charge in [0.1, 0.15) is 0 Å². The van der Waals surface area contributed by atoms with Crippen molar-refractivity contribution in [2.24, 2.45) is 0 Å². The third kappa shape index (κ3) is 4.86. The maximum Gasteiger partial charge on any atom is 0.234 e. The Bertz CT molecular complexity index is 687. The minimum Gasteiger partial charge on any atom is -0.325 e. The molecule has 1 N–H and O–H groups in total. The van der Waals surface area contributed by atoms with E-state index in [1.54, 1.807) is 12.1 Å². The van der Waals surface area contributed by atoms with Crippen LogP contribution in [0.3, 0.4) is 0 Å². The maximum atomic E-state index is 11.9. The van der Waals surface area contributed by atoms with Gasteiger partial charge in [-0.1, -0.05) is 23.9 Å². The van der Waals surface area contributed by atoms with E-state index in [0.717, 1.165) is 17.0 Å². The van der Waals surface area contributed by atoms with Crippen LogP contribution in [0.1, 0.15) is 17.0 Å². The highest BCUT2D eigenvalue weighted by atomic mass is 32.2. The van der Waals surface area contributed by atoms with Crippen molar-refractivity contribution in [1.82, 2.24) is 9.97 Å². The summed E-state index contributed by atoms with van der Waals surface area (Å²) in [5, 5.41) is 12.0. The fourth-order valence-corrected chi connectivity index (χ4v) is 2.63. The molecule has 1 heterocycles. The first-order chi connectivity index (χ1) is 10.6. The number of nitrogens with zero attached hydrogens (tertiary/aromatic N) is 3. The Labute approximate surface area is 133 Å². The molecule has 0 saturated heterocycles. The number of carbonyl (C=O) groups excluding carboxylic acids is 1. The smallest absolute Gasteiger partial charge is 0.234 e. The van der Waals surface area contributed by atoms with E-state index in [4.69, 9.17) is 5.26 Å². The molecule has 112 valence electrons. The second-order valence-electron chi connectivity index (χ2n) is 4.80. The molecule has 0 saturated carbocycles. The van der Waals surface area contributed by atoms with Gasteiger partial charge in [0.2, 0.25) is 5.91 Å². The third-order valence-electron chi connectivity index (χ3n) is 2.82. The Balaban J connectivity index is 1.88. The van der Waals surface area contributed by atoms with Crippen molar-refractivity contribution >= 4 is 23.4 Å². The monoisotopic (exact) mass is 312 g/mol. The zero-order valence-corrected chi connectivity index (χ0v) is 13.3. The molecular formula is C16H16N4OS. The molecule has 1 aromatic heterocycles. The van der Waals surface area contributed by atoms with Crippen molar-refractivity contribution in [2.75, 3.05) is 11.1 Å². The lowest BCUT2D eigenvalue weighted by Crippen LogP contribution is -2.14. The predicted octanol–water partition coefficient (Wildman–Crippen LogP) is 2.89. The van der Waals surface area contributed by atoms with Crippen LogP contribution in [0.25, 0.3) is 0 Å². The van der Waals surface area contributed by atoms with Crippen LogP contribution in [-0.2, 0) is 11.2 Å². The molecule has 5 nitrogen and oxygen atoms in total. The fourth-order valence-electron chi connectivity index (χ4n) is 1.88. The van der Waals surface area contributed by atoms with Crippen molar-refractivity contribution in [3.63, 3.8) is 0 Å². The van der Waals surface area contributed by atoms with Crippen molar-refractivity contribution in [3.05, 3.63) is 47.3 Å². The Hall–Kier alpha value is -2.39. The Kier molecular flexibility index (Phi) is 5.50. The van der Waals surface area contributed by atoms with E-state index in [1.165, 1.54) is 11.8 Å². The second-order valence-corrected chi connectivity index (χ2v) is 5.74. The van der Waals surface area contributed by atoms with Crippen LogP contribution in [0.2, 0.25) is 0 Å². The standard InChI is InChI=1S/C16H16N4OS/c1-11-9-12(2)19-16(18-11)22-10-15(21)20-14-5-3-13(4-6-14)7-8-17/h3-6,9H,7,10H2,1-2H3,(H,20,21). The predicted molar refractivity (Wildman–Crippen MR) is 86.6 cm³/mol. The minimum atomic E-state index is -0.110. The third-order valence-corrected chi connectivity index (χ3v) is 3.66. The van der Waals surface area contributed by atoms with E-state index in [-0.39, 0.29) is 11.7 Å². The molecule has 0 bridgehead atoms. The Morgan fingerprint density at radius 2 is 1.86 bits per heavy atom. The molecule has 2 rings (SSSR count). The van der Waals surface area contributed by atoms with Gasteiger partial charge in [-0.3, -0.25) is 4.79 Å². The van der Waals surface area contributed by atoms with Gasteiger partial charge in [-0.25, -0.2) is 9.97 Å². The van der Waals surface area contributed by atoms with Crippen LogP contribution in [0.5, 0.6) is 0 Å². The Morgan fingerprint density at radius 3 is 2.45 bits per heavy atom. The maximum absolute atomic E-state index is 11.9. The molecule has 0 radical (unpaired) electrons. The number of nitrogens with one attached hydrogen (secondary N) is 1. The number of nitriles is 1. The lowest BCUT2D eigenvalue weighted by molar-refractivity contribution is -0.113. The SMILES string of the molecule is Cc1cc(C)nc(SCC(=O)Nc2ccc(CC#N)cc2)n1. The molecular weight excluding hydrogens is 296 g/mol. The number of anilines is 1. The van der Waals surface area contributed by atoms with Crippen LogP contribution in [-0.4, -0.2) is 21.6 Å². The number of rotatable bonds is 5. The molecule has 0 aliphatic carbocycles. The summed E-state index contributed by atoms with van der Waals surface area (Å²) in [4.78, 5) is 20.5. The molecule has 1 aromatic carbocycles. The van der Waals surface area contributed by atoms with Crippen molar-refractivity contribution < 1.29 is 4.79 Å². The largest absolute Gasteiger partial charge is 0.325 e. The van der Waals surface area contributed by atoms with E-state index < -0.39 is 0 Å². The lowest BCUT2D eigenvalue weighted by Gasteiger charge is -2.06. The molecule has 0 aliphatic heterocycles. The van der Waals surface area contributed by atoms with Gasteiger partial charge in [-0.15, -0.1) is 0 Å². The second kappa shape index (κ2) is 7.57. The summed E-state index contributed by atoms with van der Waals surface area (Å²) in [5.41, 5.74) is 3.43. The van der Waals surface area contributed by atoms with Gasteiger partial charge < -0.3 is 5.32 Å². The molecule has 0 unspecified atom stereocenters. The van der Waals surface area contributed by atoms with Gasteiger partial charge in [0.15, 0.2) is 5.16 Å². The summed E-state index contributed by atoms with van der Waals surface area (Å²) >= 11 is 1.31. The first-order valence-corrected chi connectivity index (χ1v) is 7.76. The number of thioether (sulfide) groups is 1. The molecule has 0 aliphatic rings.